The maximum absolute atomic E-state index is 10.9. The number of hydrogen-bond acceptors (Lipinski definition) is 6. The van der Waals surface area contributed by atoms with Crippen LogP contribution in [0.4, 0.5) is 11.5 Å². The predicted molar refractivity (Wildman–Crippen MR) is 68.4 cm³/mol. The Morgan fingerprint density at radius 2 is 2.00 bits per heavy atom. The minimum Gasteiger partial charge on any atom is -0.497 e. The van der Waals surface area contributed by atoms with Crippen molar-refractivity contribution in [3.05, 3.63) is 46.5 Å². The minimum absolute atomic E-state index is 0.142. The number of anilines is 1. The minimum atomic E-state index is -0.581. The van der Waals surface area contributed by atoms with E-state index in [2.05, 4.69) is 4.98 Å². The maximum atomic E-state index is 10.9. The Kier molecular flexibility index (Phi) is 3.46. The molecule has 2 aromatic rings. The van der Waals surface area contributed by atoms with Gasteiger partial charge in [-0.25, -0.2) is 0 Å². The van der Waals surface area contributed by atoms with Gasteiger partial charge in [0.15, 0.2) is 0 Å². The van der Waals surface area contributed by atoms with Crippen molar-refractivity contribution in [1.29, 1.82) is 0 Å². The van der Waals surface area contributed by atoms with Crippen LogP contribution in [-0.4, -0.2) is 17.0 Å². The number of nitrogens with zero attached hydrogens (tertiary/aromatic N) is 2. The normalized spacial score (nSPS) is 9.95. The number of pyridine rings is 1. The van der Waals surface area contributed by atoms with Crippen LogP contribution in [0.1, 0.15) is 0 Å². The first-order valence-corrected chi connectivity index (χ1v) is 5.33. The molecule has 0 radical (unpaired) electrons. The summed E-state index contributed by atoms with van der Waals surface area (Å²) in [7, 11) is 1.51. The Bertz CT molecular complexity index is 616. The number of nitrogens with two attached hydrogens (primary N) is 1. The third-order valence-electron chi connectivity index (χ3n) is 2.31. The van der Waals surface area contributed by atoms with Crippen molar-refractivity contribution in [1.82, 2.24) is 4.98 Å². The van der Waals surface area contributed by atoms with Crippen molar-refractivity contribution >= 4 is 11.5 Å². The fourth-order valence-corrected chi connectivity index (χ4v) is 1.44. The molecule has 2 N–H and O–H groups in total. The number of ether oxygens (including phenoxy) is 2. The molecule has 2 rings (SSSR count). The van der Waals surface area contributed by atoms with Gasteiger partial charge in [0.1, 0.15) is 17.3 Å². The van der Waals surface area contributed by atoms with E-state index in [0.717, 1.165) is 0 Å². The summed E-state index contributed by atoms with van der Waals surface area (Å²) in [6.07, 6.45) is 0. The molecule has 1 heterocycles. The van der Waals surface area contributed by atoms with E-state index in [4.69, 9.17) is 15.2 Å². The standard InChI is InChI=1S/C12H11N3O4/c1-18-8-3-2-4-9(7-8)19-12-10(15(16)17)5-6-11(13)14-12/h2-7H,1H3,(H2,13,14). The molecule has 7 nitrogen and oxygen atoms in total. The van der Waals surface area contributed by atoms with Crippen LogP contribution in [-0.2, 0) is 0 Å². The van der Waals surface area contributed by atoms with Gasteiger partial charge in [-0.15, -0.1) is 0 Å². The Hall–Kier alpha value is -2.83. The molecule has 0 aliphatic rings. The Morgan fingerprint density at radius 3 is 2.68 bits per heavy atom. The van der Waals surface area contributed by atoms with Gasteiger partial charge in [0.25, 0.3) is 0 Å². The van der Waals surface area contributed by atoms with Gasteiger partial charge < -0.3 is 15.2 Å². The zero-order valence-corrected chi connectivity index (χ0v) is 10.1. The first kappa shape index (κ1) is 12.6. The number of hydrogen-bond donors (Lipinski definition) is 1. The second kappa shape index (κ2) is 5.21. The molecule has 0 aliphatic heterocycles. The van der Waals surface area contributed by atoms with Crippen LogP contribution in [0.3, 0.4) is 0 Å². The van der Waals surface area contributed by atoms with Crippen LogP contribution in [0.2, 0.25) is 0 Å². The summed E-state index contributed by atoms with van der Waals surface area (Å²) in [6, 6.07) is 9.25. The Morgan fingerprint density at radius 1 is 1.26 bits per heavy atom. The highest BCUT2D eigenvalue weighted by molar-refractivity contribution is 5.49. The summed E-state index contributed by atoms with van der Waals surface area (Å²) in [5, 5.41) is 10.9. The highest BCUT2D eigenvalue weighted by atomic mass is 16.6. The number of aromatic nitrogens is 1. The molecule has 0 saturated carbocycles. The number of rotatable bonds is 4. The first-order valence-electron chi connectivity index (χ1n) is 5.33. The van der Waals surface area contributed by atoms with Crippen molar-refractivity contribution < 1.29 is 14.4 Å². The fraction of sp³-hybridized carbons (Fsp3) is 0.0833. The van der Waals surface area contributed by atoms with E-state index in [9.17, 15) is 10.1 Å². The smallest absolute Gasteiger partial charge is 0.331 e. The van der Waals surface area contributed by atoms with Crippen molar-refractivity contribution in [2.75, 3.05) is 12.8 Å². The summed E-state index contributed by atoms with van der Waals surface area (Å²) >= 11 is 0. The molecule has 0 bridgehead atoms. The number of nitrogen functional groups attached to an aromatic ring is 1. The average molecular weight is 261 g/mol. The van der Waals surface area contributed by atoms with Gasteiger partial charge in [0, 0.05) is 12.1 Å². The molecule has 98 valence electrons. The molecule has 7 heteroatoms. The van der Waals surface area contributed by atoms with Crippen LogP contribution >= 0.6 is 0 Å². The lowest BCUT2D eigenvalue weighted by Gasteiger charge is -2.07. The van der Waals surface area contributed by atoms with Crippen molar-refractivity contribution in [3.8, 4) is 17.4 Å². The maximum Gasteiger partial charge on any atom is 0.331 e. The third-order valence-corrected chi connectivity index (χ3v) is 2.31. The highest BCUT2D eigenvalue weighted by Gasteiger charge is 2.18. The molecular formula is C12H11N3O4. The lowest BCUT2D eigenvalue weighted by Crippen LogP contribution is -1.99. The van der Waals surface area contributed by atoms with Crippen LogP contribution in [0.5, 0.6) is 17.4 Å². The number of nitro groups is 1. The van der Waals surface area contributed by atoms with Crippen LogP contribution < -0.4 is 15.2 Å². The molecule has 0 spiro atoms. The van der Waals surface area contributed by atoms with Gasteiger partial charge in [0.2, 0.25) is 0 Å². The molecule has 0 aliphatic carbocycles. The number of benzene rings is 1. The van der Waals surface area contributed by atoms with Crippen molar-refractivity contribution in [2.45, 2.75) is 0 Å². The largest absolute Gasteiger partial charge is 0.497 e. The van der Waals surface area contributed by atoms with Gasteiger partial charge in [-0.05, 0) is 18.2 Å². The van der Waals surface area contributed by atoms with E-state index in [1.165, 1.54) is 19.2 Å². The predicted octanol–water partition coefficient (Wildman–Crippen LogP) is 2.37. The van der Waals surface area contributed by atoms with Gasteiger partial charge in [-0.2, -0.15) is 4.98 Å². The molecular weight excluding hydrogens is 250 g/mol. The van der Waals surface area contributed by atoms with Crippen molar-refractivity contribution in [2.24, 2.45) is 0 Å². The lowest BCUT2D eigenvalue weighted by molar-refractivity contribution is -0.386. The second-order valence-corrected chi connectivity index (χ2v) is 3.60. The fourth-order valence-electron chi connectivity index (χ4n) is 1.44. The Balaban J connectivity index is 2.36. The summed E-state index contributed by atoms with van der Waals surface area (Å²) in [4.78, 5) is 14.1. The zero-order chi connectivity index (χ0) is 13.8. The lowest BCUT2D eigenvalue weighted by atomic mass is 10.3. The van der Waals surface area contributed by atoms with E-state index < -0.39 is 4.92 Å². The van der Waals surface area contributed by atoms with Gasteiger partial charge in [-0.3, -0.25) is 10.1 Å². The summed E-state index contributed by atoms with van der Waals surface area (Å²) in [5.41, 5.74) is 5.25. The molecule has 1 aromatic carbocycles. The summed E-state index contributed by atoms with van der Waals surface area (Å²) < 4.78 is 10.4. The summed E-state index contributed by atoms with van der Waals surface area (Å²) in [6.45, 7) is 0. The van der Waals surface area contributed by atoms with Crippen LogP contribution in [0, 0.1) is 10.1 Å². The molecule has 0 atom stereocenters. The SMILES string of the molecule is COc1cccc(Oc2nc(N)ccc2[N+](=O)[O-])c1. The zero-order valence-electron chi connectivity index (χ0n) is 10.1. The molecule has 1 aromatic heterocycles. The average Bonchev–Trinajstić information content (AvgIpc) is 2.38. The molecule has 0 fully saturated rings. The monoisotopic (exact) mass is 261 g/mol. The molecule has 0 saturated heterocycles. The van der Waals surface area contributed by atoms with Gasteiger partial charge >= 0.3 is 11.6 Å². The van der Waals surface area contributed by atoms with E-state index in [1.54, 1.807) is 24.3 Å². The van der Waals surface area contributed by atoms with E-state index in [-0.39, 0.29) is 17.4 Å². The highest BCUT2D eigenvalue weighted by Crippen LogP contribution is 2.31. The van der Waals surface area contributed by atoms with Gasteiger partial charge in [0.05, 0.1) is 12.0 Å². The van der Waals surface area contributed by atoms with E-state index in [0.29, 0.717) is 11.5 Å². The van der Waals surface area contributed by atoms with Gasteiger partial charge in [-0.1, -0.05) is 6.07 Å². The van der Waals surface area contributed by atoms with E-state index in [1.807, 2.05) is 0 Å². The van der Waals surface area contributed by atoms with Crippen molar-refractivity contribution in [3.63, 3.8) is 0 Å². The summed E-state index contributed by atoms with van der Waals surface area (Å²) in [5.74, 6) is 0.936. The molecule has 19 heavy (non-hydrogen) atoms. The van der Waals surface area contributed by atoms with Crippen LogP contribution in [0.25, 0.3) is 0 Å². The molecule has 0 unspecified atom stereocenters. The Labute approximate surface area is 108 Å². The van der Waals surface area contributed by atoms with Crippen LogP contribution in [0.15, 0.2) is 36.4 Å². The topological polar surface area (TPSA) is 101 Å². The second-order valence-electron chi connectivity index (χ2n) is 3.60. The first-order chi connectivity index (χ1) is 9.10. The third kappa shape index (κ3) is 2.89. The number of methoxy groups -OCH3 is 1. The molecule has 0 amide bonds. The van der Waals surface area contributed by atoms with E-state index >= 15 is 0 Å². The quantitative estimate of drug-likeness (QED) is 0.669.